The number of piperidine rings is 1. The van der Waals surface area contributed by atoms with E-state index in [0.29, 0.717) is 16.7 Å². The average Bonchev–Trinajstić information content (AvgIpc) is 2.47. The van der Waals surface area contributed by atoms with E-state index >= 15 is 0 Å². The summed E-state index contributed by atoms with van der Waals surface area (Å²) in [5.41, 5.74) is 0. The van der Waals surface area contributed by atoms with Crippen molar-refractivity contribution in [3.63, 3.8) is 0 Å². The molecule has 1 aromatic rings. The van der Waals surface area contributed by atoms with Crippen LogP contribution in [0.25, 0.3) is 0 Å². The van der Waals surface area contributed by atoms with Crippen molar-refractivity contribution in [3.05, 3.63) is 29.3 Å². The topological polar surface area (TPSA) is 41.1 Å². The van der Waals surface area contributed by atoms with Gasteiger partial charge in [0.15, 0.2) is 0 Å². The lowest BCUT2D eigenvalue weighted by molar-refractivity contribution is -0.118. The summed E-state index contributed by atoms with van der Waals surface area (Å²) in [6.07, 6.45) is 3.59. The van der Waals surface area contributed by atoms with Crippen LogP contribution in [0.5, 0.6) is 0 Å². The molecule has 0 aromatic heterocycles. The minimum atomic E-state index is 0. The molecule has 1 aliphatic heterocycles. The largest absolute Gasteiger partial charge is 0.355 e. The highest BCUT2D eigenvalue weighted by Gasteiger charge is 2.13. The zero-order valence-corrected chi connectivity index (χ0v) is 14.3. The number of benzene rings is 1. The second-order valence-electron chi connectivity index (χ2n) is 5.07. The quantitative estimate of drug-likeness (QED) is 0.774. The van der Waals surface area contributed by atoms with Crippen LogP contribution in [0.2, 0.25) is 5.02 Å². The van der Waals surface area contributed by atoms with Gasteiger partial charge in [0.1, 0.15) is 0 Å². The molecule has 1 saturated heterocycles. The van der Waals surface area contributed by atoms with Crippen molar-refractivity contribution in [2.45, 2.75) is 24.2 Å². The predicted molar refractivity (Wildman–Crippen MR) is 92.6 cm³/mol. The first kappa shape index (κ1) is 18.6. The zero-order chi connectivity index (χ0) is 14.2. The minimum Gasteiger partial charge on any atom is -0.355 e. The SMILES string of the molecule is Cl.O=C(CSc1ccccc1Cl)NCCC1CCCNC1. The van der Waals surface area contributed by atoms with Gasteiger partial charge in [0.05, 0.1) is 10.8 Å². The van der Waals surface area contributed by atoms with Crippen LogP contribution in [0.3, 0.4) is 0 Å². The lowest BCUT2D eigenvalue weighted by Crippen LogP contribution is -2.33. The number of carbonyl (C=O) groups is 1. The molecule has 0 radical (unpaired) electrons. The summed E-state index contributed by atoms with van der Waals surface area (Å²) in [6, 6.07) is 7.61. The van der Waals surface area contributed by atoms with Gasteiger partial charge in [-0.3, -0.25) is 4.79 Å². The molecule has 2 N–H and O–H groups in total. The maximum Gasteiger partial charge on any atom is 0.230 e. The summed E-state index contributed by atoms with van der Waals surface area (Å²) < 4.78 is 0. The van der Waals surface area contributed by atoms with Gasteiger partial charge in [0.2, 0.25) is 5.91 Å². The molecule has 0 aliphatic carbocycles. The summed E-state index contributed by atoms with van der Waals surface area (Å²) in [4.78, 5) is 12.7. The van der Waals surface area contributed by atoms with Gasteiger partial charge in [-0.25, -0.2) is 0 Å². The van der Waals surface area contributed by atoms with Gasteiger partial charge in [-0.2, -0.15) is 0 Å². The van der Waals surface area contributed by atoms with Gasteiger partial charge >= 0.3 is 0 Å². The number of thioether (sulfide) groups is 1. The van der Waals surface area contributed by atoms with Gasteiger partial charge < -0.3 is 10.6 Å². The number of amides is 1. The second-order valence-corrected chi connectivity index (χ2v) is 6.49. The summed E-state index contributed by atoms with van der Waals surface area (Å²) >= 11 is 7.54. The van der Waals surface area contributed by atoms with Crippen molar-refractivity contribution < 1.29 is 4.79 Å². The normalized spacial score (nSPS) is 17.9. The Balaban J connectivity index is 0.00000220. The van der Waals surface area contributed by atoms with Crippen LogP contribution in [0.4, 0.5) is 0 Å². The fourth-order valence-electron chi connectivity index (χ4n) is 2.34. The van der Waals surface area contributed by atoms with Gasteiger partial charge in [-0.1, -0.05) is 23.7 Å². The average molecular weight is 349 g/mol. The molecular weight excluding hydrogens is 327 g/mol. The van der Waals surface area contributed by atoms with Gasteiger partial charge in [0, 0.05) is 11.4 Å². The van der Waals surface area contributed by atoms with E-state index in [4.69, 9.17) is 11.6 Å². The van der Waals surface area contributed by atoms with E-state index in [-0.39, 0.29) is 18.3 Å². The Morgan fingerprint density at radius 3 is 2.95 bits per heavy atom. The molecule has 1 fully saturated rings. The molecule has 0 saturated carbocycles. The lowest BCUT2D eigenvalue weighted by Gasteiger charge is -2.22. The summed E-state index contributed by atoms with van der Waals surface area (Å²) in [5, 5.41) is 7.09. The van der Waals surface area contributed by atoms with E-state index in [1.807, 2.05) is 24.3 Å². The Labute approximate surface area is 142 Å². The van der Waals surface area contributed by atoms with Crippen molar-refractivity contribution >= 4 is 41.7 Å². The highest BCUT2D eigenvalue weighted by molar-refractivity contribution is 8.00. The van der Waals surface area contributed by atoms with Crippen LogP contribution >= 0.6 is 35.8 Å². The zero-order valence-electron chi connectivity index (χ0n) is 11.9. The molecule has 21 heavy (non-hydrogen) atoms. The molecular formula is C15H22Cl2N2OS. The predicted octanol–water partition coefficient (Wildman–Crippen LogP) is 3.36. The highest BCUT2D eigenvalue weighted by Crippen LogP contribution is 2.26. The lowest BCUT2D eigenvalue weighted by atomic mass is 9.96. The van der Waals surface area contributed by atoms with Crippen molar-refractivity contribution in [2.75, 3.05) is 25.4 Å². The van der Waals surface area contributed by atoms with Gasteiger partial charge in [0.25, 0.3) is 0 Å². The van der Waals surface area contributed by atoms with Gasteiger partial charge in [-0.05, 0) is 50.4 Å². The van der Waals surface area contributed by atoms with Crippen molar-refractivity contribution in [3.8, 4) is 0 Å². The Kier molecular flexibility index (Phi) is 9.16. The first-order chi connectivity index (χ1) is 9.75. The third-order valence-electron chi connectivity index (χ3n) is 3.47. The number of rotatable bonds is 6. The summed E-state index contributed by atoms with van der Waals surface area (Å²) in [6.45, 7) is 3.00. The molecule has 0 spiro atoms. The van der Waals surface area contributed by atoms with Crippen molar-refractivity contribution in [1.29, 1.82) is 0 Å². The fourth-order valence-corrected chi connectivity index (χ4v) is 3.41. The Morgan fingerprint density at radius 2 is 2.24 bits per heavy atom. The summed E-state index contributed by atoms with van der Waals surface area (Å²) in [7, 11) is 0. The monoisotopic (exact) mass is 348 g/mol. The van der Waals surface area contributed by atoms with Crippen LogP contribution in [0, 0.1) is 5.92 Å². The van der Waals surface area contributed by atoms with E-state index in [9.17, 15) is 4.79 Å². The third kappa shape index (κ3) is 6.92. The summed E-state index contributed by atoms with van der Waals surface area (Å²) in [5.74, 6) is 1.21. The van der Waals surface area contributed by atoms with Crippen LogP contribution < -0.4 is 10.6 Å². The highest BCUT2D eigenvalue weighted by atomic mass is 35.5. The van der Waals surface area contributed by atoms with E-state index in [1.165, 1.54) is 24.6 Å². The van der Waals surface area contributed by atoms with Crippen LogP contribution in [0.15, 0.2) is 29.2 Å². The molecule has 1 atom stereocenters. The first-order valence-corrected chi connectivity index (χ1v) is 8.47. The van der Waals surface area contributed by atoms with Crippen LogP contribution in [-0.2, 0) is 4.79 Å². The molecule has 0 bridgehead atoms. The molecule has 1 amide bonds. The molecule has 6 heteroatoms. The number of hydrogen-bond donors (Lipinski definition) is 2. The third-order valence-corrected chi connectivity index (χ3v) is 4.98. The van der Waals surface area contributed by atoms with Crippen LogP contribution in [-0.4, -0.2) is 31.3 Å². The maximum atomic E-state index is 11.8. The molecule has 1 unspecified atom stereocenters. The minimum absolute atomic E-state index is 0. The fraction of sp³-hybridized carbons (Fsp3) is 0.533. The molecule has 1 heterocycles. The van der Waals surface area contributed by atoms with Crippen molar-refractivity contribution in [1.82, 2.24) is 10.6 Å². The number of halogens is 2. The number of hydrogen-bond acceptors (Lipinski definition) is 3. The second kappa shape index (κ2) is 10.3. The van der Waals surface area contributed by atoms with Crippen LogP contribution in [0.1, 0.15) is 19.3 Å². The number of carbonyl (C=O) groups excluding carboxylic acids is 1. The van der Waals surface area contributed by atoms with E-state index < -0.39 is 0 Å². The smallest absolute Gasteiger partial charge is 0.230 e. The maximum absolute atomic E-state index is 11.8. The van der Waals surface area contributed by atoms with E-state index in [0.717, 1.165) is 31.0 Å². The standard InChI is InChI=1S/C15H21ClN2OS.ClH/c16-13-5-1-2-6-14(13)20-11-15(19)18-9-7-12-4-3-8-17-10-12;/h1-2,5-6,12,17H,3-4,7-11H2,(H,18,19);1H. The molecule has 3 nitrogen and oxygen atoms in total. The first-order valence-electron chi connectivity index (χ1n) is 7.10. The van der Waals surface area contributed by atoms with Gasteiger partial charge in [-0.15, -0.1) is 24.2 Å². The van der Waals surface area contributed by atoms with E-state index in [2.05, 4.69) is 10.6 Å². The Morgan fingerprint density at radius 1 is 1.43 bits per heavy atom. The molecule has 1 aliphatic rings. The van der Waals surface area contributed by atoms with Crippen molar-refractivity contribution in [2.24, 2.45) is 5.92 Å². The van der Waals surface area contributed by atoms with E-state index in [1.54, 1.807) is 0 Å². The number of nitrogens with one attached hydrogen (secondary N) is 2. The Bertz CT molecular complexity index is 439. The molecule has 1 aromatic carbocycles. The molecule has 118 valence electrons. The molecule has 2 rings (SSSR count). The Hall–Kier alpha value is -0.420.